The van der Waals surface area contributed by atoms with Crippen molar-refractivity contribution in [1.29, 1.82) is 0 Å². The Kier molecular flexibility index (Phi) is 5.60. The number of rotatable bonds is 6. The van der Waals surface area contributed by atoms with Crippen molar-refractivity contribution in [3.8, 4) is 5.75 Å². The van der Waals surface area contributed by atoms with Gasteiger partial charge in [0.15, 0.2) is 5.78 Å². The van der Waals surface area contributed by atoms with Gasteiger partial charge in [0, 0.05) is 12.6 Å². The number of carbonyl (C=O) groups excluding carboxylic acids is 2. The zero-order valence-electron chi connectivity index (χ0n) is 11.2. The average Bonchev–Trinajstić information content (AvgIpc) is 2.47. The lowest BCUT2D eigenvalue weighted by atomic mass is 10.1. The maximum Gasteiger partial charge on any atom is 0.342 e. The summed E-state index contributed by atoms with van der Waals surface area (Å²) in [6, 6.07) is 7.20. The van der Waals surface area contributed by atoms with Crippen molar-refractivity contribution >= 4 is 17.4 Å². The van der Waals surface area contributed by atoms with Crippen LogP contribution < -0.4 is 10.1 Å². The molecule has 0 heterocycles. The fraction of sp³-hybridized carbons (Fsp3) is 0.286. The number of ketones is 1. The Bertz CT molecular complexity index is 476. The lowest BCUT2D eigenvalue weighted by Crippen LogP contribution is -2.15. The molecule has 0 amide bonds. The third-order valence-corrected chi connectivity index (χ3v) is 2.51. The van der Waals surface area contributed by atoms with Crippen molar-refractivity contribution in [2.24, 2.45) is 0 Å². The van der Waals surface area contributed by atoms with Crippen LogP contribution in [0.1, 0.15) is 13.3 Å². The summed E-state index contributed by atoms with van der Waals surface area (Å²) in [4.78, 5) is 23.2. The number of hydrogen-bond acceptors (Lipinski definition) is 5. The molecule has 0 fully saturated rings. The van der Waals surface area contributed by atoms with Gasteiger partial charge >= 0.3 is 5.97 Å². The highest BCUT2D eigenvalue weighted by atomic mass is 16.5. The normalized spacial score (nSPS) is 10.8. The average molecular weight is 263 g/mol. The number of esters is 1. The molecule has 1 N–H and O–H groups in total. The van der Waals surface area contributed by atoms with Crippen molar-refractivity contribution in [2.75, 3.05) is 19.5 Å². The number of benzene rings is 1. The van der Waals surface area contributed by atoms with E-state index in [-0.39, 0.29) is 17.8 Å². The molecule has 0 spiro atoms. The van der Waals surface area contributed by atoms with Gasteiger partial charge in [0.25, 0.3) is 0 Å². The van der Waals surface area contributed by atoms with E-state index in [0.29, 0.717) is 11.4 Å². The van der Waals surface area contributed by atoms with Crippen LogP contribution in [0.5, 0.6) is 5.75 Å². The highest BCUT2D eigenvalue weighted by molar-refractivity contribution is 6.17. The van der Waals surface area contributed by atoms with E-state index in [1.165, 1.54) is 13.3 Å². The van der Waals surface area contributed by atoms with E-state index in [9.17, 15) is 9.59 Å². The summed E-state index contributed by atoms with van der Waals surface area (Å²) in [6.45, 7) is 1.68. The van der Waals surface area contributed by atoms with Crippen molar-refractivity contribution in [2.45, 2.75) is 13.3 Å². The second kappa shape index (κ2) is 7.20. The molecule has 0 aromatic heterocycles. The highest BCUT2D eigenvalue weighted by Gasteiger charge is 2.17. The minimum atomic E-state index is -0.658. The van der Waals surface area contributed by atoms with Crippen molar-refractivity contribution in [3.05, 3.63) is 36.0 Å². The van der Waals surface area contributed by atoms with Gasteiger partial charge in [-0.25, -0.2) is 4.79 Å². The Balaban J connectivity index is 2.98. The second-order valence-electron chi connectivity index (χ2n) is 3.67. The summed E-state index contributed by atoms with van der Waals surface area (Å²) in [7, 11) is 2.78. The third kappa shape index (κ3) is 3.84. The smallest absolute Gasteiger partial charge is 0.342 e. The predicted molar refractivity (Wildman–Crippen MR) is 72.0 cm³/mol. The fourth-order valence-electron chi connectivity index (χ4n) is 1.47. The van der Waals surface area contributed by atoms with E-state index in [4.69, 9.17) is 4.74 Å². The molecule has 0 unspecified atom stereocenters. The van der Waals surface area contributed by atoms with Crippen LogP contribution in [0.3, 0.4) is 0 Å². The van der Waals surface area contributed by atoms with Crippen LogP contribution >= 0.6 is 0 Å². The molecule has 0 saturated heterocycles. The minimum Gasteiger partial charge on any atom is -0.495 e. The van der Waals surface area contributed by atoms with E-state index in [1.807, 2.05) is 12.1 Å². The first-order valence-corrected chi connectivity index (χ1v) is 5.85. The molecule has 19 heavy (non-hydrogen) atoms. The van der Waals surface area contributed by atoms with Gasteiger partial charge in [0.05, 0.1) is 19.9 Å². The molecule has 5 heteroatoms. The number of Topliss-reactive ketones (excluding diaryl/α,β-unsaturated/α-hetero) is 1. The number of carbonyl (C=O) groups is 2. The van der Waals surface area contributed by atoms with Gasteiger partial charge in [-0.1, -0.05) is 19.1 Å². The van der Waals surface area contributed by atoms with Crippen LogP contribution in [0.4, 0.5) is 5.69 Å². The molecule has 0 aliphatic heterocycles. The lowest BCUT2D eigenvalue weighted by molar-refractivity contribution is -0.137. The molecular weight excluding hydrogens is 246 g/mol. The van der Waals surface area contributed by atoms with Crippen LogP contribution in [0.25, 0.3) is 0 Å². The summed E-state index contributed by atoms with van der Waals surface area (Å²) in [5, 5.41) is 2.89. The van der Waals surface area contributed by atoms with Crippen LogP contribution in [0, 0.1) is 0 Å². The Morgan fingerprint density at radius 1 is 1.26 bits per heavy atom. The topological polar surface area (TPSA) is 64.6 Å². The van der Waals surface area contributed by atoms with E-state index in [2.05, 4.69) is 10.1 Å². The summed E-state index contributed by atoms with van der Waals surface area (Å²) in [6.07, 6.45) is 1.57. The number of ether oxygens (including phenoxy) is 2. The molecular formula is C14H17NO4. The lowest BCUT2D eigenvalue weighted by Gasteiger charge is -2.09. The summed E-state index contributed by atoms with van der Waals surface area (Å²) < 4.78 is 9.74. The monoisotopic (exact) mass is 263 g/mol. The molecule has 0 radical (unpaired) electrons. The molecule has 1 rings (SSSR count). The number of methoxy groups -OCH3 is 2. The van der Waals surface area contributed by atoms with E-state index < -0.39 is 5.97 Å². The highest BCUT2D eigenvalue weighted by Crippen LogP contribution is 2.23. The Hall–Kier alpha value is -2.30. The van der Waals surface area contributed by atoms with Gasteiger partial charge in [0.2, 0.25) is 0 Å². The van der Waals surface area contributed by atoms with Gasteiger partial charge in [0.1, 0.15) is 11.3 Å². The predicted octanol–water partition coefficient (Wildman–Crippen LogP) is 2.14. The van der Waals surface area contributed by atoms with E-state index in [0.717, 1.165) is 0 Å². The second-order valence-corrected chi connectivity index (χ2v) is 3.67. The SMILES string of the molecule is CCC(=O)/C(=C/Nc1ccccc1OC)C(=O)OC. The summed E-state index contributed by atoms with van der Waals surface area (Å²) in [5.41, 5.74) is 0.645. The molecule has 0 aliphatic rings. The molecule has 0 saturated carbocycles. The molecule has 102 valence electrons. The van der Waals surface area contributed by atoms with E-state index in [1.54, 1.807) is 26.2 Å². The van der Waals surface area contributed by atoms with Crippen LogP contribution in [0.2, 0.25) is 0 Å². The minimum absolute atomic E-state index is 0.0177. The van der Waals surface area contributed by atoms with Crippen LogP contribution in [0.15, 0.2) is 36.0 Å². The van der Waals surface area contributed by atoms with Crippen molar-refractivity contribution in [3.63, 3.8) is 0 Å². The molecule has 0 bridgehead atoms. The van der Waals surface area contributed by atoms with Crippen LogP contribution in [-0.4, -0.2) is 26.0 Å². The summed E-state index contributed by atoms with van der Waals surface area (Å²) >= 11 is 0. The Morgan fingerprint density at radius 2 is 1.95 bits per heavy atom. The maximum absolute atomic E-state index is 11.6. The number of anilines is 1. The fourth-order valence-corrected chi connectivity index (χ4v) is 1.47. The zero-order valence-corrected chi connectivity index (χ0v) is 11.2. The number of para-hydroxylation sites is 2. The van der Waals surface area contributed by atoms with Gasteiger partial charge in [-0.2, -0.15) is 0 Å². The van der Waals surface area contributed by atoms with Crippen molar-refractivity contribution in [1.82, 2.24) is 0 Å². The largest absolute Gasteiger partial charge is 0.495 e. The standard InChI is InChI=1S/C14H17NO4/c1-4-12(16)10(14(17)19-3)9-15-11-7-5-6-8-13(11)18-2/h5-9,15H,4H2,1-3H3/b10-9-. The first kappa shape index (κ1) is 14.8. The van der Waals surface area contributed by atoms with Gasteiger partial charge < -0.3 is 14.8 Å². The number of hydrogen-bond donors (Lipinski definition) is 1. The third-order valence-electron chi connectivity index (χ3n) is 2.51. The molecule has 1 aromatic carbocycles. The first-order chi connectivity index (χ1) is 9.13. The van der Waals surface area contributed by atoms with Gasteiger partial charge in [-0.15, -0.1) is 0 Å². The Labute approximate surface area is 112 Å². The van der Waals surface area contributed by atoms with Gasteiger partial charge in [-0.05, 0) is 12.1 Å². The Morgan fingerprint density at radius 3 is 2.53 bits per heavy atom. The molecule has 0 aliphatic carbocycles. The molecule has 1 aromatic rings. The van der Waals surface area contributed by atoms with Gasteiger partial charge in [-0.3, -0.25) is 4.79 Å². The van der Waals surface area contributed by atoms with Crippen LogP contribution in [-0.2, 0) is 14.3 Å². The maximum atomic E-state index is 11.6. The quantitative estimate of drug-likeness (QED) is 0.369. The zero-order chi connectivity index (χ0) is 14.3. The van der Waals surface area contributed by atoms with E-state index >= 15 is 0 Å². The first-order valence-electron chi connectivity index (χ1n) is 5.85. The molecule has 5 nitrogen and oxygen atoms in total. The summed E-state index contributed by atoms with van der Waals surface area (Å²) in [5.74, 6) is -0.324. The number of nitrogens with one attached hydrogen (secondary N) is 1. The van der Waals surface area contributed by atoms with Crippen molar-refractivity contribution < 1.29 is 19.1 Å². The molecule has 0 atom stereocenters.